The molecule has 5 rings (SSSR count). The fraction of sp³-hybridized carbons (Fsp3) is 0.314. The molecular formula is C35H38ClN3O7S. The Bertz CT molecular complexity index is 1870. The predicted molar refractivity (Wildman–Crippen MR) is 181 cm³/mol. The molecule has 1 amide bonds. The molecule has 3 aromatic carbocycles. The van der Waals surface area contributed by atoms with Crippen LogP contribution >= 0.6 is 11.6 Å². The number of hydrogen-bond donors (Lipinski definition) is 1. The lowest BCUT2D eigenvalue weighted by Crippen LogP contribution is -2.35. The number of fused-ring (bicyclic) bond motifs is 1. The summed E-state index contributed by atoms with van der Waals surface area (Å²) in [6, 6.07) is 17.6. The van der Waals surface area contributed by atoms with Gasteiger partial charge in [-0.25, -0.2) is 8.42 Å². The smallest absolute Gasteiger partial charge is 0.236 e. The van der Waals surface area contributed by atoms with Crippen LogP contribution in [0.15, 0.2) is 67.0 Å². The highest BCUT2D eigenvalue weighted by Gasteiger charge is 2.18. The van der Waals surface area contributed by atoms with Crippen LogP contribution in [-0.4, -0.2) is 56.8 Å². The van der Waals surface area contributed by atoms with Gasteiger partial charge in [0.05, 0.1) is 10.8 Å². The zero-order valence-electron chi connectivity index (χ0n) is 26.8. The van der Waals surface area contributed by atoms with Gasteiger partial charge in [0.25, 0.3) is 0 Å². The Morgan fingerprint density at radius 1 is 0.957 bits per heavy atom. The average Bonchev–Trinajstić information content (AvgIpc) is 3.03. The molecule has 12 heteroatoms. The third-order valence-corrected chi connectivity index (χ3v) is 9.22. The van der Waals surface area contributed by atoms with E-state index in [4.69, 9.17) is 30.5 Å². The lowest BCUT2D eigenvalue weighted by molar-refractivity contribution is -0.117. The molecule has 1 N–H and O–H groups in total. The Morgan fingerprint density at radius 2 is 1.72 bits per heavy atom. The van der Waals surface area contributed by atoms with Crippen LogP contribution in [0.4, 0.5) is 0 Å². The SMILES string of the molecule is CC(=O)NS(=O)(=O)CCN(C)Cc1cc(Cl)c(OCc2cccc(-c3ccc4c(c3)OCCO4)c2C)cc1OCc1cncc(C)c1. The van der Waals surface area contributed by atoms with E-state index in [1.807, 2.05) is 52.9 Å². The van der Waals surface area contributed by atoms with E-state index in [9.17, 15) is 13.2 Å². The summed E-state index contributed by atoms with van der Waals surface area (Å²) in [5, 5.41) is 0.393. The number of nitrogens with zero attached hydrogens (tertiary/aromatic N) is 2. The first-order valence-corrected chi connectivity index (χ1v) is 17.2. The number of amides is 1. The van der Waals surface area contributed by atoms with Gasteiger partial charge in [-0.1, -0.05) is 35.9 Å². The first-order chi connectivity index (χ1) is 22.5. The molecule has 1 aliphatic heterocycles. The molecule has 248 valence electrons. The van der Waals surface area contributed by atoms with Crippen LogP contribution in [0.1, 0.15) is 34.7 Å². The molecular weight excluding hydrogens is 642 g/mol. The predicted octanol–water partition coefficient (Wildman–Crippen LogP) is 5.85. The number of aryl methyl sites for hydroxylation is 1. The van der Waals surface area contributed by atoms with Gasteiger partial charge in [-0.05, 0) is 73.0 Å². The Hall–Kier alpha value is -4.32. The zero-order valence-corrected chi connectivity index (χ0v) is 28.4. The van der Waals surface area contributed by atoms with E-state index in [2.05, 4.69) is 18.0 Å². The number of carbonyl (C=O) groups excluding carboxylic acids is 1. The Labute approximate surface area is 280 Å². The zero-order chi connectivity index (χ0) is 33.6. The second-order valence-electron chi connectivity index (χ2n) is 11.5. The van der Waals surface area contributed by atoms with Crippen LogP contribution in [0.2, 0.25) is 5.02 Å². The molecule has 0 saturated heterocycles. The van der Waals surface area contributed by atoms with Crippen LogP contribution < -0.4 is 23.7 Å². The van der Waals surface area contributed by atoms with E-state index in [0.717, 1.165) is 50.4 Å². The van der Waals surface area contributed by atoms with Gasteiger partial charge in [0.15, 0.2) is 11.5 Å². The molecule has 0 radical (unpaired) electrons. The van der Waals surface area contributed by atoms with Crippen molar-refractivity contribution < 1.29 is 32.2 Å². The van der Waals surface area contributed by atoms with E-state index in [-0.39, 0.29) is 25.5 Å². The van der Waals surface area contributed by atoms with E-state index >= 15 is 0 Å². The maximum atomic E-state index is 12.2. The minimum absolute atomic E-state index is 0.179. The Balaban J connectivity index is 1.35. The molecule has 0 unspecified atom stereocenters. The number of halogens is 1. The van der Waals surface area contributed by atoms with Crippen molar-refractivity contribution in [1.29, 1.82) is 0 Å². The highest BCUT2D eigenvalue weighted by atomic mass is 35.5. The van der Waals surface area contributed by atoms with Crippen molar-refractivity contribution in [2.45, 2.75) is 40.5 Å². The molecule has 0 bridgehead atoms. The van der Waals surface area contributed by atoms with Gasteiger partial charge in [0, 0.05) is 49.6 Å². The van der Waals surface area contributed by atoms with Gasteiger partial charge in [-0.3, -0.25) is 14.5 Å². The maximum absolute atomic E-state index is 12.2. The number of benzene rings is 3. The van der Waals surface area contributed by atoms with Crippen LogP contribution in [0.3, 0.4) is 0 Å². The number of hydrogen-bond acceptors (Lipinski definition) is 9. The summed E-state index contributed by atoms with van der Waals surface area (Å²) in [7, 11) is -1.96. The van der Waals surface area contributed by atoms with Crippen LogP contribution in [-0.2, 0) is 34.6 Å². The summed E-state index contributed by atoms with van der Waals surface area (Å²) >= 11 is 6.75. The van der Waals surface area contributed by atoms with Gasteiger partial charge in [0.1, 0.15) is 37.9 Å². The number of nitrogens with one attached hydrogen (secondary N) is 1. The van der Waals surface area contributed by atoms with Gasteiger partial charge < -0.3 is 23.8 Å². The van der Waals surface area contributed by atoms with Gasteiger partial charge in [0.2, 0.25) is 15.9 Å². The summed E-state index contributed by atoms with van der Waals surface area (Å²) in [6.07, 6.45) is 3.52. The fourth-order valence-corrected chi connectivity index (χ4v) is 6.57. The number of carbonyl (C=O) groups is 1. The van der Waals surface area contributed by atoms with E-state index in [1.54, 1.807) is 31.6 Å². The van der Waals surface area contributed by atoms with Crippen molar-refractivity contribution in [3.63, 3.8) is 0 Å². The number of sulfonamides is 1. The lowest BCUT2D eigenvalue weighted by atomic mass is 9.96. The molecule has 0 atom stereocenters. The summed E-state index contributed by atoms with van der Waals surface area (Å²) in [4.78, 5) is 17.3. The standard InChI is InChI=1S/C35H38ClN3O7S/c1-23-14-26(19-37-18-23)21-45-33-17-34(31(36)15-29(33)20-39(4)10-13-47(41,42)38-25(3)40)46-22-28-6-5-7-30(24(28)2)27-8-9-32-35(16-27)44-12-11-43-32/h5-9,14-19H,10-13,20-22H2,1-4H3,(H,38,40). The number of pyridine rings is 1. The van der Waals surface area contributed by atoms with Crippen molar-refractivity contribution in [3.05, 3.63) is 99.8 Å². The second kappa shape index (κ2) is 15.1. The van der Waals surface area contributed by atoms with Crippen molar-refractivity contribution in [2.24, 2.45) is 0 Å². The summed E-state index contributed by atoms with van der Waals surface area (Å²) in [6.45, 7) is 7.30. The van der Waals surface area contributed by atoms with Gasteiger partial charge >= 0.3 is 0 Å². The molecule has 0 spiro atoms. The number of rotatable bonds is 13. The molecule has 0 aliphatic carbocycles. The number of aromatic nitrogens is 1. The van der Waals surface area contributed by atoms with E-state index in [0.29, 0.717) is 36.3 Å². The normalized spacial score (nSPS) is 12.6. The van der Waals surface area contributed by atoms with Crippen molar-refractivity contribution in [2.75, 3.05) is 32.6 Å². The Morgan fingerprint density at radius 3 is 2.49 bits per heavy atom. The van der Waals surface area contributed by atoms with Crippen molar-refractivity contribution >= 4 is 27.5 Å². The quantitative estimate of drug-likeness (QED) is 0.186. The van der Waals surface area contributed by atoms with Crippen LogP contribution in [0.5, 0.6) is 23.0 Å². The monoisotopic (exact) mass is 679 g/mol. The van der Waals surface area contributed by atoms with Gasteiger partial charge in [-0.2, -0.15) is 0 Å². The number of ether oxygens (including phenoxy) is 4. The van der Waals surface area contributed by atoms with Crippen LogP contribution in [0, 0.1) is 13.8 Å². The molecule has 1 aromatic heterocycles. The van der Waals surface area contributed by atoms with Gasteiger partial charge in [-0.15, -0.1) is 0 Å². The molecule has 0 fully saturated rings. The first-order valence-electron chi connectivity index (χ1n) is 15.1. The molecule has 0 saturated carbocycles. The topological polar surface area (TPSA) is 116 Å². The second-order valence-corrected chi connectivity index (χ2v) is 13.8. The van der Waals surface area contributed by atoms with E-state index in [1.165, 1.54) is 6.92 Å². The Kier molecular flexibility index (Phi) is 10.9. The maximum Gasteiger partial charge on any atom is 0.236 e. The molecule has 4 aromatic rings. The first kappa shape index (κ1) is 34.0. The molecule has 47 heavy (non-hydrogen) atoms. The van der Waals surface area contributed by atoms with E-state index < -0.39 is 15.9 Å². The fourth-order valence-electron chi connectivity index (χ4n) is 5.24. The minimum atomic E-state index is -3.74. The molecule has 10 nitrogen and oxygen atoms in total. The summed E-state index contributed by atoms with van der Waals surface area (Å²) in [5.41, 5.74) is 6.80. The van der Waals surface area contributed by atoms with Crippen molar-refractivity contribution in [1.82, 2.24) is 14.6 Å². The summed E-state index contributed by atoms with van der Waals surface area (Å²) in [5.74, 6) is 1.61. The molecule has 1 aliphatic rings. The molecule has 2 heterocycles. The van der Waals surface area contributed by atoms with Crippen molar-refractivity contribution in [3.8, 4) is 34.1 Å². The third kappa shape index (κ3) is 9.15. The third-order valence-electron chi connectivity index (χ3n) is 7.60. The summed E-state index contributed by atoms with van der Waals surface area (Å²) < 4.78 is 50.4. The lowest BCUT2D eigenvalue weighted by Gasteiger charge is -2.21. The van der Waals surface area contributed by atoms with Crippen LogP contribution in [0.25, 0.3) is 11.1 Å². The highest BCUT2D eigenvalue weighted by Crippen LogP contribution is 2.37. The average molecular weight is 680 g/mol. The largest absolute Gasteiger partial charge is 0.488 e. The highest BCUT2D eigenvalue weighted by molar-refractivity contribution is 7.90. The minimum Gasteiger partial charge on any atom is -0.488 e.